The number of hydrogen-bond acceptors (Lipinski definition) is 4. The summed E-state index contributed by atoms with van der Waals surface area (Å²) in [5.41, 5.74) is 2.98. The van der Waals surface area contributed by atoms with Crippen LogP contribution in [0.1, 0.15) is 37.5 Å². The van der Waals surface area contributed by atoms with Gasteiger partial charge in [0, 0.05) is 12.6 Å². The van der Waals surface area contributed by atoms with E-state index in [1.165, 1.54) is 17.0 Å². The minimum Gasteiger partial charge on any atom is -0.352 e. The summed E-state index contributed by atoms with van der Waals surface area (Å²) in [5.74, 6) is -0.775. The fourth-order valence-electron chi connectivity index (χ4n) is 4.04. The summed E-state index contributed by atoms with van der Waals surface area (Å²) >= 11 is 0. The van der Waals surface area contributed by atoms with Crippen molar-refractivity contribution in [2.45, 2.75) is 58.1 Å². The number of carbonyl (C=O) groups excluding carboxylic acids is 2. The number of rotatable bonds is 10. The Morgan fingerprint density at radius 1 is 0.811 bits per heavy atom. The van der Waals surface area contributed by atoms with Crippen molar-refractivity contribution in [3.63, 3.8) is 0 Å². The number of sulfonamides is 1. The molecule has 37 heavy (non-hydrogen) atoms. The molecule has 0 saturated heterocycles. The standard InChI is InChI=1S/C29H35N3O4S/c1-21(2)30-29(34)24(5)31(19-25-15-11-9-13-22(25)3)28(33)20-32(27-18-12-10-14-23(27)4)37(35,36)26-16-7-6-8-17-26/h6-18,21,24H,19-20H2,1-5H3,(H,30,34). The molecule has 0 aliphatic heterocycles. The first-order chi connectivity index (χ1) is 17.5. The van der Waals surface area contributed by atoms with Gasteiger partial charge in [-0.1, -0.05) is 60.7 Å². The highest BCUT2D eigenvalue weighted by Crippen LogP contribution is 2.27. The van der Waals surface area contributed by atoms with Crippen molar-refractivity contribution < 1.29 is 18.0 Å². The number of anilines is 1. The summed E-state index contributed by atoms with van der Waals surface area (Å²) in [5, 5.41) is 2.86. The molecule has 3 rings (SSSR count). The molecular weight excluding hydrogens is 486 g/mol. The van der Waals surface area contributed by atoms with Gasteiger partial charge in [-0.25, -0.2) is 8.42 Å². The van der Waals surface area contributed by atoms with E-state index in [1.54, 1.807) is 50.2 Å². The van der Waals surface area contributed by atoms with Crippen molar-refractivity contribution in [1.29, 1.82) is 0 Å². The van der Waals surface area contributed by atoms with E-state index in [9.17, 15) is 18.0 Å². The Labute approximate surface area is 220 Å². The van der Waals surface area contributed by atoms with Crippen molar-refractivity contribution in [3.05, 3.63) is 95.6 Å². The van der Waals surface area contributed by atoms with Gasteiger partial charge in [0.2, 0.25) is 11.8 Å². The van der Waals surface area contributed by atoms with Gasteiger partial charge in [0.25, 0.3) is 10.0 Å². The summed E-state index contributed by atoms with van der Waals surface area (Å²) in [7, 11) is -4.07. The predicted molar refractivity (Wildman–Crippen MR) is 147 cm³/mol. The number of carbonyl (C=O) groups is 2. The average molecular weight is 522 g/mol. The number of hydrogen-bond donors (Lipinski definition) is 1. The third-order valence-corrected chi connectivity index (χ3v) is 7.97. The van der Waals surface area contributed by atoms with Gasteiger partial charge < -0.3 is 10.2 Å². The Balaban J connectivity index is 2.04. The number of benzene rings is 3. The lowest BCUT2D eigenvalue weighted by molar-refractivity contribution is -0.139. The molecule has 0 fully saturated rings. The first kappa shape index (κ1) is 27.9. The molecule has 0 heterocycles. The second kappa shape index (κ2) is 12.1. The lowest BCUT2D eigenvalue weighted by Gasteiger charge is -2.33. The molecule has 0 saturated carbocycles. The molecule has 0 aliphatic carbocycles. The molecule has 1 N–H and O–H groups in total. The zero-order valence-electron chi connectivity index (χ0n) is 22.0. The maximum atomic E-state index is 13.9. The number of amides is 2. The number of nitrogens with one attached hydrogen (secondary N) is 1. The molecule has 196 valence electrons. The normalized spacial score (nSPS) is 12.2. The van der Waals surface area contributed by atoms with E-state index in [0.29, 0.717) is 11.3 Å². The minimum absolute atomic E-state index is 0.0853. The van der Waals surface area contributed by atoms with Gasteiger partial charge in [0.1, 0.15) is 12.6 Å². The molecular formula is C29H35N3O4S. The Morgan fingerprint density at radius 3 is 1.97 bits per heavy atom. The quantitative estimate of drug-likeness (QED) is 0.427. The molecule has 0 spiro atoms. The molecule has 3 aromatic rings. The molecule has 0 radical (unpaired) electrons. The highest BCUT2D eigenvalue weighted by atomic mass is 32.2. The Hall–Kier alpha value is -3.65. The van der Waals surface area contributed by atoms with Crippen LogP contribution in [0.25, 0.3) is 0 Å². The van der Waals surface area contributed by atoms with Crippen LogP contribution in [-0.2, 0) is 26.2 Å². The van der Waals surface area contributed by atoms with Crippen LogP contribution >= 0.6 is 0 Å². The van der Waals surface area contributed by atoms with E-state index in [-0.39, 0.29) is 23.4 Å². The lowest BCUT2D eigenvalue weighted by Crippen LogP contribution is -2.52. The van der Waals surface area contributed by atoms with Crippen molar-refractivity contribution in [1.82, 2.24) is 10.2 Å². The molecule has 3 aromatic carbocycles. The van der Waals surface area contributed by atoms with Crippen LogP contribution in [0.2, 0.25) is 0 Å². The molecule has 7 nitrogen and oxygen atoms in total. The van der Waals surface area contributed by atoms with Crippen LogP contribution in [0.4, 0.5) is 5.69 Å². The van der Waals surface area contributed by atoms with Gasteiger partial charge in [0.15, 0.2) is 0 Å². The maximum Gasteiger partial charge on any atom is 0.264 e. The van der Waals surface area contributed by atoms with Crippen LogP contribution in [0.15, 0.2) is 83.8 Å². The van der Waals surface area contributed by atoms with Gasteiger partial charge in [-0.2, -0.15) is 0 Å². The van der Waals surface area contributed by atoms with E-state index >= 15 is 0 Å². The van der Waals surface area contributed by atoms with Crippen molar-refractivity contribution >= 4 is 27.5 Å². The molecule has 0 bridgehead atoms. The molecule has 8 heteroatoms. The van der Waals surface area contributed by atoms with Crippen LogP contribution in [-0.4, -0.2) is 43.8 Å². The van der Waals surface area contributed by atoms with E-state index in [1.807, 2.05) is 51.1 Å². The van der Waals surface area contributed by atoms with Crippen LogP contribution in [0, 0.1) is 13.8 Å². The summed E-state index contributed by atoms with van der Waals surface area (Å²) < 4.78 is 28.7. The Morgan fingerprint density at radius 2 is 1.38 bits per heavy atom. The van der Waals surface area contributed by atoms with Crippen molar-refractivity contribution in [2.24, 2.45) is 0 Å². The topological polar surface area (TPSA) is 86.8 Å². The highest BCUT2D eigenvalue weighted by molar-refractivity contribution is 7.92. The second-order valence-electron chi connectivity index (χ2n) is 9.40. The van der Waals surface area contributed by atoms with Gasteiger partial charge in [-0.05, 0) is 69.5 Å². The summed E-state index contributed by atoms with van der Waals surface area (Å²) in [6.45, 7) is 8.83. The van der Waals surface area contributed by atoms with Crippen LogP contribution < -0.4 is 9.62 Å². The summed E-state index contributed by atoms with van der Waals surface area (Å²) in [6, 6.07) is 21.8. The minimum atomic E-state index is -4.07. The maximum absolute atomic E-state index is 13.9. The zero-order valence-corrected chi connectivity index (χ0v) is 22.8. The summed E-state index contributed by atoms with van der Waals surface area (Å²) in [6.07, 6.45) is 0. The van der Waals surface area contributed by atoms with Crippen LogP contribution in [0.3, 0.4) is 0 Å². The molecule has 2 amide bonds. The van der Waals surface area contributed by atoms with Gasteiger partial charge in [-0.3, -0.25) is 13.9 Å². The number of aryl methyl sites for hydroxylation is 2. The lowest BCUT2D eigenvalue weighted by atomic mass is 10.1. The zero-order chi connectivity index (χ0) is 27.2. The first-order valence-electron chi connectivity index (χ1n) is 12.3. The van der Waals surface area contributed by atoms with Crippen molar-refractivity contribution in [3.8, 4) is 0 Å². The Kier molecular flexibility index (Phi) is 9.10. The third-order valence-electron chi connectivity index (χ3n) is 6.19. The molecule has 0 aliphatic rings. The van der Waals surface area contributed by atoms with Gasteiger partial charge >= 0.3 is 0 Å². The number of nitrogens with zero attached hydrogens (tertiary/aromatic N) is 2. The van der Waals surface area contributed by atoms with Gasteiger partial charge in [0.05, 0.1) is 10.6 Å². The second-order valence-corrected chi connectivity index (χ2v) is 11.3. The fraction of sp³-hybridized carbons (Fsp3) is 0.310. The highest BCUT2D eigenvalue weighted by Gasteiger charge is 2.33. The largest absolute Gasteiger partial charge is 0.352 e. The van der Waals surface area contributed by atoms with E-state index < -0.39 is 28.5 Å². The summed E-state index contributed by atoms with van der Waals surface area (Å²) in [4.78, 5) is 28.4. The smallest absolute Gasteiger partial charge is 0.264 e. The Bertz CT molecular complexity index is 1340. The molecule has 1 unspecified atom stereocenters. The third kappa shape index (κ3) is 6.77. The fourth-order valence-corrected chi connectivity index (χ4v) is 5.53. The van der Waals surface area contributed by atoms with Crippen molar-refractivity contribution in [2.75, 3.05) is 10.8 Å². The van der Waals surface area contributed by atoms with E-state index in [4.69, 9.17) is 0 Å². The monoisotopic (exact) mass is 521 g/mol. The average Bonchev–Trinajstić information content (AvgIpc) is 2.87. The predicted octanol–water partition coefficient (Wildman–Crippen LogP) is 4.44. The van der Waals surface area contributed by atoms with E-state index in [2.05, 4.69) is 5.32 Å². The SMILES string of the molecule is Cc1ccccc1CN(C(=O)CN(c1ccccc1C)S(=O)(=O)c1ccccc1)C(C)C(=O)NC(C)C. The molecule has 0 aromatic heterocycles. The van der Waals surface area contributed by atoms with E-state index in [0.717, 1.165) is 15.4 Å². The number of para-hydroxylation sites is 1. The van der Waals surface area contributed by atoms with Gasteiger partial charge in [-0.15, -0.1) is 0 Å². The van der Waals surface area contributed by atoms with Crippen LogP contribution in [0.5, 0.6) is 0 Å². The first-order valence-corrected chi connectivity index (χ1v) is 13.7. The molecule has 1 atom stereocenters.